The van der Waals surface area contributed by atoms with Gasteiger partial charge in [-0.05, 0) is 80.7 Å². The molecule has 2 atom stereocenters. The summed E-state index contributed by atoms with van der Waals surface area (Å²) in [6.45, 7) is 10.1. The van der Waals surface area contributed by atoms with Gasteiger partial charge < -0.3 is 33.5 Å². The molecule has 11 heteroatoms. The maximum absolute atomic E-state index is 13.1. The number of rotatable bonds is 21. The summed E-state index contributed by atoms with van der Waals surface area (Å²) >= 11 is 0. The molecule has 1 N–H and O–H groups in total. The van der Waals surface area contributed by atoms with Gasteiger partial charge in [-0.15, -0.1) is 0 Å². The van der Waals surface area contributed by atoms with Gasteiger partial charge in [0.25, 0.3) is 0 Å². The molecule has 0 spiro atoms. The van der Waals surface area contributed by atoms with E-state index >= 15 is 0 Å². The van der Waals surface area contributed by atoms with Crippen molar-refractivity contribution < 1.29 is 43.1 Å². The highest BCUT2D eigenvalue weighted by molar-refractivity contribution is 5.98. The molecule has 0 aliphatic carbocycles. The number of carbonyl (C=O) groups is 2. The zero-order chi connectivity index (χ0) is 36.2. The van der Waals surface area contributed by atoms with Crippen LogP contribution in [0.4, 0.5) is 0 Å². The monoisotopic (exact) mass is 676 g/mol. The largest absolute Gasteiger partial charge is 0.493 e. The molecule has 0 bridgehead atoms. The molecule has 0 saturated heterocycles. The van der Waals surface area contributed by atoms with Gasteiger partial charge >= 0.3 is 11.9 Å². The maximum Gasteiger partial charge on any atom is 0.348 e. The van der Waals surface area contributed by atoms with E-state index in [4.69, 9.17) is 28.4 Å². The highest BCUT2D eigenvalue weighted by Crippen LogP contribution is 2.33. The van der Waals surface area contributed by atoms with Gasteiger partial charge in [0, 0.05) is 5.41 Å². The number of carbonyl (C=O) groups excluding carboxylic acids is 2. The highest BCUT2D eigenvalue weighted by Gasteiger charge is 2.32. The number of esters is 2. The Morgan fingerprint density at radius 3 is 1.73 bits per heavy atom. The Morgan fingerprint density at radius 1 is 0.796 bits per heavy atom. The van der Waals surface area contributed by atoms with Crippen LogP contribution in [-0.2, 0) is 19.1 Å². The summed E-state index contributed by atoms with van der Waals surface area (Å²) in [5.74, 6) is 0.204. The van der Waals surface area contributed by atoms with Crippen LogP contribution in [-0.4, -0.2) is 63.3 Å². The average molecular weight is 677 g/mol. The van der Waals surface area contributed by atoms with Gasteiger partial charge in [-0.1, -0.05) is 45.7 Å². The van der Waals surface area contributed by atoms with Crippen LogP contribution in [0, 0.1) is 28.1 Å². The van der Waals surface area contributed by atoms with E-state index in [-0.39, 0.29) is 31.0 Å². The maximum atomic E-state index is 13.1. The second-order valence-corrected chi connectivity index (χ2v) is 11.3. The van der Waals surface area contributed by atoms with Crippen molar-refractivity contribution in [2.24, 2.45) is 5.41 Å². The Bertz CT molecular complexity index is 1540. The molecule has 2 aromatic rings. The first-order chi connectivity index (χ1) is 23.6. The van der Waals surface area contributed by atoms with Crippen molar-refractivity contribution in [1.29, 1.82) is 10.5 Å². The van der Waals surface area contributed by atoms with Crippen molar-refractivity contribution in [3.05, 3.63) is 58.7 Å². The van der Waals surface area contributed by atoms with Crippen molar-refractivity contribution in [3.63, 3.8) is 0 Å². The van der Waals surface area contributed by atoms with Crippen LogP contribution in [0.5, 0.6) is 23.0 Å². The Hall–Kier alpha value is -5.00. The summed E-state index contributed by atoms with van der Waals surface area (Å²) in [4.78, 5) is 26.2. The Balaban J connectivity index is 2.23. The molecule has 2 unspecified atom stereocenters. The molecule has 264 valence electrons. The Morgan fingerprint density at radius 2 is 1.31 bits per heavy atom. The van der Waals surface area contributed by atoms with Crippen LogP contribution >= 0.6 is 0 Å². The molecule has 2 aromatic carbocycles. The molecular formula is C38H48N2O9. The predicted octanol–water partition coefficient (Wildman–Crippen LogP) is 6.83. The van der Waals surface area contributed by atoms with Crippen molar-refractivity contribution in [3.8, 4) is 35.1 Å². The Kier molecular flexibility index (Phi) is 17.3. The quantitative estimate of drug-likeness (QED) is 0.0839. The van der Waals surface area contributed by atoms with Crippen LogP contribution in [0.1, 0.15) is 77.8 Å². The number of hydrogen-bond acceptors (Lipinski definition) is 11. The number of hydrogen-bond donors (Lipinski definition) is 1. The minimum Gasteiger partial charge on any atom is -0.493 e. The molecule has 0 amide bonds. The summed E-state index contributed by atoms with van der Waals surface area (Å²) in [7, 11) is 1.52. The van der Waals surface area contributed by atoms with Crippen LogP contribution < -0.4 is 18.9 Å². The lowest BCUT2D eigenvalue weighted by atomic mass is 9.81. The van der Waals surface area contributed by atoms with Crippen molar-refractivity contribution >= 4 is 24.1 Å². The fourth-order valence-corrected chi connectivity index (χ4v) is 4.68. The molecule has 0 radical (unpaired) electrons. The molecule has 49 heavy (non-hydrogen) atoms. The van der Waals surface area contributed by atoms with Gasteiger partial charge in [0.1, 0.15) is 43.1 Å². The SMILES string of the molecule is CCCCC(CC)(COC(=O)/C(C#N)=C/c1ccc(OC)c(OCC)c1)COC(=O)/C(C#N)=C/c1ccc(OCC(O)CC)c(OCC)c1. The van der Waals surface area contributed by atoms with Crippen LogP contribution in [0.2, 0.25) is 0 Å². The topological polar surface area (TPSA) is 157 Å². The van der Waals surface area contributed by atoms with Crippen molar-refractivity contribution in [2.75, 3.05) is 40.1 Å². The molecule has 11 nitrogen and oxygen atoms in total. The molecule has 0 aliphatic rings. The van der Waals surface area contributed by atoms with Crippen molar-refractivity contribution in [1.82, 2.24) is 0 Å². The third kappa shape index (κ3) is 12.5. The van der Waals surface area contributed by atoms with Crippen molar-refractivity contribution in [2.45, 2.75) is 72.8 Å². The highest BCUT2D eigenvalue weighted by atomic mass is 16.6. The minimum atomic E-state index is -0.824. The number of ether oxygens (including phenoxy) is 6. The van der Waals surface area contributed by atoms with E-state index in [1.54, 1.807) is 36.4 Å². The van der Waals surface area contributed by atoms with Gasteiger partial charge in [-0.2, -0.15) is 10.5 Å². The van der Waals surface area contributed by atoms with E-state index in [1.165, 1.54) is 19.3 Å². The van der Waals surface area contributed by atoms with E-state index < -0.39 is 23.5 Å². The predicted molar refractivity (Wildman–Crippen MR) is 185 cm³/mol. The summed E-state index contributed by atoms with van der Waals surface area (Å²) in [5.41, 5.74) is -0.0986. The zero-order valence-electron chi connectivity index (χ0n) is 29.4. The molecule has 0 saturated carbocycles. The van der Waals surface area contributed by atoms with E-state index in [0.29, 0.717) is 66.6 Å². The lowest BCUT2D eigenvalue weighted by Crippen LogP contribution is -2.34. The molecular weight excluding hydrogens is 628 g/mol. The summed E-state index contributed by atoms with van der Waals surface area (Å²) in [6.07, 6.45) is 5.46. The van der Waals surface area contributed by atoms with Gasteiger partial charge in [0.15, 0.2) is 23.0 Å². The Labute approximate surface area is 289 Å². The number of aliphatic hydroxyl groups is 1. The minimum absolute atomic E-state index is 0.0974. The zero-order valence-corrected chi connectivity index (χ0v) is 29.4. The van der Waals surface area contributed by atoms with Crippen LogP contribution in [0.25, 0.3) is 12.2 Å². The van der Waals surface area contributed by atoms with E-state index in [1.807, 2.05) is 46.8 Å². The number of aliphatic hydroxyl groups excluding tert-OH is 1. The number of nitrogens with zero attached hydrogens (tertiary/aromatic N) is 2. The lowest BCUT2D eigenvalue weighted by molar-refractivity contribution is -0.149. The molecule has 0 heterocycles. The molecule has 2 rings (SSSR count). The smallest absolute Gasteiger partial charge is 0.348 e. The fraction of sp³-hybridized carbons (Fsp3) is 0.474. The number of benzene rings is 2. The number of nitriles is 2. The van der Waals surface area contributed by atoms with Gasteiger partial charge in [0.2, 0.25) is 0 Å². The summed E-state index contributed by atoms with van der Waals surface area (Å²) in [5, 5.41) is 29.4. The van der Waals surface area contributed by atoms with Gasteiger partial charge in [-0.3, -0.25) is 0 Å². The van der Waals surface area contributed by atoms with Gasteiger partial charge in [-0.25, -0.2) is 9.59 Å². The summed E-state index contributed by atoms with van der Waals surface area (Å²) < 4.78 is 33.6. The number of methoxy groups -OCH3 is 1. The molecule has 0 aromatic heterocycles. The van der Waals surface area contributed by atoms with Crippen LogP contribution in [0.15, 0.2) is 47.5 Å². The first-order valence-corrected chi connectivity index (χ1v) is 16.6. The first-order valence-electron chi connectivity index (χ1n) is 16.6. The fourth-order valence-electron chi connectivity index (χ4n) is 4.68. The van der Waals surface area contributed by atoms with E-state index in [2.05, 4.69) is 0 Å². The number of unbranched alkanes of at least 4 members (excludes halogenated alkanes) is 1. The third-order valence-corrected chi connectivity index (χ3v) is 7.79. The van der Waals surface area contributed by atoms with E-state index in [9.17, 15) is 25.2 Å². The third-order valence-electron chi connectivity index (χ3n) is 7.79. The second-order valence-electron chi connectivity index (χ2n) is 11.3. The lowest BCUT2D eigenvalue weighted by Gasteiger charge is -2.31. The second kappa shape index (κ2) is 21.1. The van der Waals surface area contributed by atoms with E-state index in [0.717, 1.165) is 12.8 Å². The van der Waals surface area contributed by atoms with Crippen LogP contribution in [0.3, 0.4) is 0 Å². The average Bonchev–Trinajstić information content (AvgIpc) is 3.12. The summed E-state index contributed by atoms with van der Waals surface area (Å²) in [6, 6.07) is 13.8. The van der Waals surface area contributed by atoms with Gasteiger partial charge in [0.05, 0.1) is 26.4 Å². The first kappa shape index (κ1) is 40.2. The normalized spacial score (nSPS) is 13.2. The molecule has 0 aliphatic heterocycles. The standard InChI is InChI=1S/C38H48N2O9/c1-7-12-17-38(9-3,25-48-36(42)29(22-39)18-27-13-15-32(44-6)34(20-27)45-10-4)26-49-37(43)30(23-40)19-28-14-16-33(35(21-28)46-11-5)47-24-31(41)8-2/h13-16,18-21,31,41H,7-12,17,24-26H2,1-6H3/b29-18+,30-19+. The molecule has 0 fully saturated rings.